The second-order valence-electron chi connectivity index (χ2n) is 5.81. The molecular formula is C18H16N2S. The summed E-state index contributed by atoms with van der Waals surface area (Å²) in [6.45, 7) is 6.54. The van der Waals surface area contributed by atoms with Crippen molar-refractivity contribution in [3.05, 3.63) is 59.2 Å². The van der Waals surface area contributed by atoms with E-state index in [9.17, 15) is 0 Å². The van der Waals surface area contributed by atoms with Crippen LogP contribution in [0.15, 0.2) is 52.3 Å². The molecule has 0 spiro atoms. The molecule has 0 saturated carbocycles. The quantitative estimate of drug-likeness (QED) is 0.792. The van der Waals surface area contributed by atoms with Gasteiger partial charge in [-0.05, 0) is 41.3 Å². The molecule has 2 nitrogen and oxygen atoms in total. The summed E-state index contributed by atoms with van der Waals surface area (Å²) in [5.41, 5.74) is 2.57. The number of hydrogen-bond donors (Lipinski definition) is 0. The van der Waals surface area contributed by atoms with Crippen LogP contribution in [0.25, 0.3) is 0 Å². The minimum atomic E-state index is 0.127. The van der Waals surface area contributed by atoms with E-state index in [0.717, 1.165) is 9.79 Å². The van der Waals surface area contributed by atoms with E-state index in [1.807, 2.05) is 0 Å². The lowest BCUT2D eigenvalue weighted by atomic mass is 9.87. The second-order valence-corrected chi connectivity index (χ2v) is 6.93. The number of benzene rings is 2. The summed E-state index contributed by atoms with van der Waals surface area (Å²) in [6, 6.07) is 17.8. The van der Waals surface area contributed by atoms with Crippen molar-refractivity contribution < 1.29 is 0 Å². The molecule has 0 saturated heterocycles. The van der Waals surface area contributed by atoms with Crippen molar-refractivity contribution in [2.24, 2.45) is 0 Å². The van der Waals surface area contributed by atoms with E-state index in [2.05, 4.69) is 57.2 Å². The van der Waals surface area contributed by atoms with Gasteiger partial charge in [0.05, 0.1) is 17.2 Å². The Morgan fingerprint density at radius 2 is 1.57 bits per heavy atom. The van der Waals surface area contributed by atoms with E-state index in [1.165, 1.54) is 17.3 Å². The van der Waals surface area contributed by atoms with Crippen molar-refractivity contribution in [2.45, 2.75) is 36.0 Å². The molecule has 0 fully saturated rings. The fraction of sp³-hybridized carbons (Fsp3) is 0.222. The molecule has 3 heteroatoms. The molecule has 0 aliphatic heterocycles. The van der Waals surface area contributed by atoms with Crippen LogP contribution in [0.3, 0.4) is 0 Å². The first-order chi connectivity index (χ1) is 9.94. The zero-order chi connectivity index (χ0) is 15.5. The zero-order valence-electron chi connectivity index (χ0n) is 12.3. The van der Waals surface area contributed by atoms with Gasteiger partial charge >= 0.3 is 0 Å². The standard InChI is InChI=1S/C18H16N2S/c1-18(2,3)15-6-8-16(9-7-15)21-17-10-13(11-19)4-5-14(17)12-20/h4-10H,1-3H3. The van der Waals surface area contributed by atoms with Crippen molar-refractivity contribution in [1.29, 1.82) is 10.5 Å². The Hall–Kier alpha value is -2.23. The lowest BCUT2D eigenvalue weighted by Gasteiger charge is -2.19. The van der Waals surface area contributed by atoms with Gasteiger partial charge in [-0.1, -0.05) is 44.7 Å². The van der Waals surface area contributed by atoms with Gasteiger partial charge in [-0.25, -0.2) is 0 Å². The van der Waals surface area contributed by atoms with E-state index in [0.29, 0.717) is 11.1 Å². The van der Waals surface area contributed by atoms with Gasteiger partial charge in [0.25, 0.3) is 0 Å². The van der Waals surface area contributed by atoms with Crippen molar-refractivity contribution in [3.8, 4) is 12.1 Å². The molecule has 0 atom stereocenters. The number of nitriles is 2. The highest BCUT2D eigenvalue weighted by Gasteiger charge is 2.13. The summed E-state index contributed by atoms with van der Waals surface area (Å²) in [4.78, 5) is 1.88. The molecule has 2 aromatic rings. The Morgan fingerprint density at radius 1 is 0.905 bits per heavy atom. The highest BCUT2D eigenvalue weighted by Crippen LogP contribution is 2.32. The largest absolute Gasteiger partial charge is 0.192 e. The normalized spacial score (nSPS) is 10.7. The van der Waals surface area contributed by atoms with Crippen LogP contribution in [0.5, 0.6) is 0 Å². The van der Waals surface area contributed by atoms with Crippen LogP contribution in [0, 0.1) is 22.7 Å². The van der Waals surface area contributed by atoms with Gasteiger partial charge < -0.3 is 0 Å². The van der Waals surface area contributed by atoms with E-state index >= 15 is 0 Å². The zero-order valence-corrected chi connectivity index (χ0v) is 13.2. The predicted molar refractivity (Wildman–Crippen MR) is 85.1 cm³/mol. The Bertz CT molecular complexity index is 726. The third-order valence-electron chi connectivity index (χ3n) is 3.18. The first kappa shape index (κ1) is 15.2. The van der Waals surface area contributed by atoms with Crippen LogP contribution in [-0.4, -0.2) is 0 Å². The molecule has 0 radical (unpaired) electrons. The fourth-order valence-corrected chi connectivity index (χ4v) is 2.85. The maximum atomic E-state index is 9.16. The number of hydrogen-bond acceptors (Lipinski definition) is 3. The molecule has 2 rings (SSSR count). The minimum absolute atomic E-state index is 0.127. The summed E-state index contributed by atoms with van der Waals surface area (Å²) < 4.78 is 0. The Morgan fingerprint density at radius 3 is 2.10 bits per heavy atom. The maximum Gasteiger partial charge on any atom is 0.100 e. The predicted octanol–water partition coefficient (Wildman–Crippen LogP) is 4.88. The topological polar surface area (TPSA) is 47.6 Å². The Balaban J connectivity index is 2.31. The number of rotatable bonds is 2. The molecule has 21 heavy (non-hydrogen) atoms. The van der Waals surface area contributed by atoms with Crippen LogP contribution in [0.2, 0.25) is 0 Å². The van der Waals surface area contributed by atoms with Crippen molar-refractivity contribution in [2.75, 3.05) is 0 Å². The van der Waals surface area contributed by atoms with E-state index < -0.39 is 0 Å². The van der Waals surface area contributed by atoms with Gasteiger partial charge in [-0.3, -0.25) is 0 Å². The maximum absolute atomic E-state index is 9.16. The molecule has 0 unspecified atom stereocenters. The van der Waals surface area contributed by atoms with Gasteiger partial charge in [0.2, 0.25) is 0 Å². The first-order valence-electron chi connectivity index (χ1n) is 6.66. The van der Waals surface area contributed by atoms with Gasteiger partial charge in [0.1, 0.15) is 6.07 Å². The second kappa shape index (κ2) is 6.04. The number of nitrogens with zero attached hydrogens (tertiary/aromatic N) is 2. The summed E-state index contributed by atoms with van der Waals surface area (Å²) >= 11 is 1.51. The molecule has 0 bridgehead atoms. The molecule has 0 amide bonds. The lowest BCUT2D eigenvalue weighted by Crippen LogP contribution is -2.10. The molecule has 0 aliphatic carbocycles. The molecule has 0 aliphatic rings. The van der Waals surface area contributed by atoms with Crippen LogP contribution >= 0.6 is 11.8 Å². The van der Waals surface area contributed by atoms with E-state index in [-0.39, 0.29) is 5.41 Å². The smallest absolute Gasteiger partial charge is 0.100 e. The fourth-order valence-electron chi connectivity index (χ4n) is 1.92. The molecule has 104 valence electrons. The van der Waals surface area contributed by atoms with Crippen molar-refractivity contribution in [3.63, 3.8) is 0 Å². The van der Waals surface area contributed by atoms with Crippen LogP contribution in [-0.2, 0) is 5.41 Å². The van der Waals surface area contributed by atoms with Gasteiger partial charge in [0.15, 0.2) is 0 Å². The highest BCUT2D eigenvalue weighted by atomic mass is 32.2. The van der Waals surface area contributed by atoms with Crippen LogP contribution in [0.1, 0.15) is 37.5 Å². The van der Waals surface area contributed by atoms with Gasteiger partial charge in [0, 0.05) is 9.79 Å². The summed E-state index contributed by atoms with van der Waals surface area (Å²) in [5.74, 6) is 0. The van der Waals surface area contributed by atoms with Crippen molar-refractivity contribution >= 4 is 11.8 Å². The average Bonchev–Trinajstić information content (AvgIpc) is 2.46. The van der Waals surface area contributed by atoms with E-state index in [4.69, 9.17) is 10.5 Å². The average molecular weight is 292 g/mol. The first-order valence-corrected chi connectivity index (χ1v) is 7.48. The van der Waals surface area contributed by atoms with Crippen molar-refractivity contribution in [1.82, 2.24) is 0 Å². The molecular weight excluding hydrogens is 276 g/mol. The minimum Gasteiger partial charge on any atom is -0.192 e. The molecule has 0 aromatic heterocycles. The molecule has 0 heterocycles. The Kier molecular flexibility index (Phi) is 4.36. The van der Waals surface area contributed by atoms with Gasteiger partial charge in [-0.15, -0.1) is 0 Å². The summed E-state index contributed by atoms with van der Waals surface area (Å²) in [5, 5.41) is 18.1. The Labute approximate surface area is 130 Å². The molecule has 2 aromatic carbocycles. The monoisotopic (exact) mass is 292 g/mol. The van der Waals surface area contributed by atoms with Crippen LogP contribution in [0.4, 0.5) is 0 Å². The van der Waals surface area contributed by atoms with Gasteiger partial charge in [-0.2, -0.15) is 10.5 Å². The summed E-state index contributed by atoms with van der Waals surface area (Å²) in [6.07, 6.45) is 0. The lowest BCUT2D eigenvalue weighted by molar-refractivity contribution is 0.590. The van der Waals surface area contributed by atoms with Crippen LogP contribution < -0.4 is 0 Å². The third-order valence-corrected chi connectivity index (χ3v) is 4.24. The highest BCUT2D eigenvalue weighted by molar-refractivity contribution is 7.99. The summed E-state index contributed by atoms with van der Waals surface area (Å²) in [7, 11) is 0. The molecule has 0 N–H and O–H groups in total. The third kappa shape index (κ3) is 3.66. The SMILES string of the molecule is CC(C)(C)c1ccc(Sc2cc(C#N)ccc2C#N)cc1. The van der Waals surface area contributed by atoms with E-state index in [1.54, 1.807) is 18.2 Å².